The van der Waals surface area contributed by atoms with Crippen LogP contribution in [0.2, 0.25) is 0 Å². The van der Waals surface area contributed by atoms with Crippen LogP contribution in [-0.4, -0.2) is 12.6 Å². The summed E-state index contributed by atoms with van der Waals surface area (Å²) < 4.78 is 24.7. The number of esters is 1. The molecule has 2 aromatic carbocycles. The molecular weight excluding hydrogens is 347 g/mol. The minimum absolute atomic E-state index is 0.0309. The van der Waals surface area contributed by atoms with Crippen molar-refractivity contribution in [3.8, 4) is 6.07 Å². The Hall–Kier alpha value is -3.59. The van der Waals surface area contributed by atoms with Crippen LogP contribution in [0.15, 0.2) is 71.6 Å². The van der Waals surface area contributed by atoms with Crippen molar-refractivity contribution < 1.29 is 18.7 Å². The standard InChI is InChI=1S/C21H17FN2O3/c1-2-26-21(25)18-17(14-9-6-10-15(22)11-14)16(12-23)20(24)27-19(18)13-7-4-3-5-8-13/h3-11,17H,2,24H2,1H3. The van der Waals surface area contributed by atoms with E-state index in [0.29, 0.717) is 11.1 Å². The van der Waals surface area contributed by atoms with Gasteiger partial charge >= 0.3 is 5.97 Å². The number of allylic oxidation sites excluding steroid dienone is 1. The highest BCUT2D eigenvalue weighted by Crippen LogP contribution is 2.42. The van der Waals surface area contributed by atoms with E-state index in [1.807, 2.05) is 12.1 Å². The number of nitrogens with two attached hydrogens (primary N) is 1. The van der Waals surface area contributed by atoms with Crippen LogP contribution in [0.1, 0.15) is 24.0 Å². The third kappa shape index (κ3) is 3.53. The highest BCUT2D eigenvalue weighted by Gasteiger charge is 2.38. The lowest BCUT2D eigenvalue weighted by Gasteiger charge is -2.28. The van der Waals surface area contributed by atoms with Crippen molar-refractivity contribution >= 4 is 11.7 Å². The van der Waals surface area contributed by atoms with Gasteiger partial charge in [-0.15, -0.1) is 0 Å². The van der Waals surface area contributed by atoms with Gasteiger partial charge in [-0.05, 0) is 24.6 Å². The van der Waals surface area contributed by atoms with Crippen LogP contribution in [0.25, 0.3) is 5.76 Å². The lowest BCUT2D eigenvalue weighted by molar-refractivity contribution is -0.138. The van der Waals surface area contributed by atoms with Gasteiger partial charge in [-0.1, -0.05) is 42.5 Å². The Morgan fingerprint density at radius 2 is 2.00 bits per heavy atom. The van der Waals surface area contributed by atoms with Crippen LogP contribution in [0, 0.1) is 17.1 Å². The van der Waals surface area contributed by atoms with Crippen LogP contribution in [0.4, 0.5) is 4.39 Å². The van der Waals surface area contributed by atoms with E-state index in [-0.39, 0.29) is 29.4 Å². The van der Waals surface area contributed by atoms with Crippen LogP contribution in [0.3, 0.4) is 0 Å². The largest absolute Gasteiger partial charge is 0.463 e. The molecule has 1 unspecified atom stereocenters. The molecule has 0 aromatic heterocycles. The van der Waals surface area contributed by atoms with E-state index in [1.165, 1.54) is 18.2 Å². The van der Waals surface area contributed by atoms with Gasteiger partial charge in [0.05, 0.1) is 18.1 Å². The minimum Gasteiger partial charge on any atom is -0.463 e. The molecule has 0 saturated heterocycles. The Bertz CT molecular complexity index is 974. The molecule has 1 heterocycles. The zero-order valence-corrected chi connectivity index (χ0v) is 14.6. The smallest absolute Gasteiger partial charge is 0.338 e. The third-order valence-corrected chi connectivity index (χ3v) is 4.13. The molecule has 3 rings (SSSR count). The summed E-state index contributed by atoms with van der Waals surface area (Å²) in [6, 6.07) is 16.6. The first-order valence-electron chi connectivity index (χ1n) is 8.36. The fraction of sp³-hybridized carbons (Fsp3) is 0.143. The molecule has 1 aliphatic rings. The van der Waals surface area contributed by atoms with Gasteiger partial charge in [-0.2, -0.15) is 5.26 Å². The number of halogens is 1. The maximum Gasteiger partial charge on any atom is 0.338 e. The number of nitrogens with zero attached hydrogens (tertiary/aromatic N) is 1. The highest BCUT2D eigenvalue weighted by atomic mass is 19.1. The van der Waals surface area contributed by atoms with Gasteiger partial charge in [-0.3, -0.25) is 0 Å². The molecule has 0 bridgehead atoms. The molecule has 0 amide bonds. The van der Waals surface area contributed by atoms with E-state index in [0.717, 1.165) is 0 Å². The number of rotatable bonds is 4. The Balaban J connectivity index is 2.28. The second-order valence-corrected chi connectivity index (χ2v) is 5.81. The molecule has 0 saturated carbocycles. The number of nitriles is 1. The molecule has 6 heteroatoms. The van der Waals surface area contributed by atoms with E-state index in [9.17, 15) is 14.4 Å². The molecule has 2 N–H and O–H groups in total. The Morgan fingerprint density at radius 3 is 2.63 bits per heavy atom. The number of benzene rings is 2. The van der Waals surface area contributed by atoms with E-state index in [4.69, 9.17) is 15.2 Å². The number of carbonyl (C=O) groups is 1. The van der Waals surface area contributed by atoms with Gasteiger partial charge in [0.25, 0.3) is 0 Å². The first-order chi connectivity index (χ1) is 13.1. The molecule has 1 atom stereocenters. The van der Waals surface area contributed by atoms with Crippen molar-refractivity contribution in [2.24, 2.45) is 5.73 Å². The molecule has 5 nitrogen and oxygen atoms in total. The number of carbonyl (C=O) groups excluding carboxylic acids is 1. The number of hydrogen-bond donors (Lipinski definition) is 1. The van der Waals surface area contributed by atoms with Gasteiger partial charge in [0.2, 0.25) is 5.88 Å². The van der Waals surface area contributed by atoms with Crippen LogP contribution < -0.4 is 5.73 Å². The van der Waals surface area contributed by atoms with E-state index >= 15 is 0 Å². The molecule has 0 fully saturated rings. The first kappa shape index (κ1) is 18.2. The average Bonchev–Trinajstić information content (AvgIpc) is 2.68. The summed E-state index contributed by atoms with van der Waals surface area (Å²) in [4.78, 5) is 12.8. The molecule has 2 aromatic rings. The van der Waals surface area contributed by atoms with E-state index in [2.05, 4.69) is 0 Å². The lowest BCUT2D eigenvalue weighted by Crippen LogP contribution is -2.26. The fourth-order valence-electron chi connectivity index (χ4n) is 3.00. The van der Waals surface area contributed by atoms with Crippen molar-refractivity contribution in [2.75, 3.05) is 6.61 Å². The summed E-state index contributed by atoms with van der Waals surface area (Å²) in [7, 11) is 0. The lowest BCUT2D eigenvalue weighted by atomic mass is 9.82. The van der Waals surface area contributed by atoms with Crippen LogP contribution in [0.5, 0.6) is 0 Å². The van der Waals surface area contributed by atoms with Crippen molar-refractivity contribution in [2.45, 2.75) is 12.8 Å². The van der Waals surface area contributed by atoms with Crippen molar-refractivity contribution in [1.82, 2.24) is 0 Å². The summed E-state index contributed by atoms with van der Waals surface area (Å²) in [5.41, 5.74) is 7.13. The van der Waals surface area contributed by atoms with Gasteiger partial charge in [0.15, 0.2) is 0 Å². The quantitative estimate of drug-likeness (QED) is 0.838. The molecule has 27 heavy (non-hydrogen) atoms. The summed E-state index contributed by atoms with van der Waals surface area (Å²) in [6.07, 6.45) is 0. The predicted octanol–water partition coefficient (Wildman–Crippen LogP) is 3.61. The maximum absolute atomic E-state index is 13.9. The van der Waals surface area contributed by atoms with Gasteiger partial charge < -0.3 is 15.2 Å². The van der Waals surface area contributed by atoms with Crippen molar-refractivity contribution in [3.63, 3.8) is 0 Å². The molecule has 0 spiro atoms. The molecular formula is C21H17FN2O3. The second kappa shape index (κ2) is 7.75. The molecule has 0 radical (unpaired) electrons. The zero-order valence-electron chi connectivity index (χ0n) is 14.6. The topological polar surface area (TPSA) is 85.3 Å². The summed E-state index contributed by atoms with van der Waals surface area (Å²) in [5, 5.41) is 9.61. The summed E-state index contributed by atoms with van der Waals surface area (Å²) in [6.45, 7) is 1.82. The van der Waals surface area contributed by atoms with Crippen molar-refractivity contribution in [1.29, 1.82) is 5.26 Å². The predicted molar refractivity (Wildman–Crippen MR) is 97.0 cm³/mol. The number of ether oxygens (including phenoxy) is 2. The highest BCUT2D eigenvalue weighted by molar-refractivity contribution is 5.99. The Morgan fingerprint density at radius 1 is 1.26 bits per heavy atom. The average molecular weight is 364 g/mol. The Labute approximate surface area is 156 Å². The minimum atomic E-state index is -0.895. The molecule has 0 aliphatic carbocycles. The number of hydrogen-bond acceptors (Lipinski definition) is 5. The zero-order chi connectivity index (χ0) is 19.4. The van der Waals surface area contributed by atoms with E-state index in [1.54, 1.807) is 37.3 Å². The Kier molecular flexibility index (Phi) is 5.23. The third-order valence-electron chi connectivity index (χ3n) is 4.13. The van der Waals surface area contributed by atoms with Gasteiger partial charge in [-0.25, -0.2) is 9.18 Å². The maximum atomic E-state index is 13.9. The van der Waals surface area contributed by atoms with Gasteiger partial charge in [0.1, 0.15) is 23.2 Å². The first-order valence-corrected chi connectivity index (χ1v) is 8.36. The summed E-state index contributed by atoms with van der Waals surface area (Å²) in [5.74, 6) is -1.96. The second-order valence-electron chi connectivity index (χ2n) is 5.81. The van der Waals surface area contributed by atoms with Crippen molar-refractivity contribution in [3.05, 3.63) is 88.6 Å². The van der Waals surface area contributed by atoms with Crippen LogP contribution >= 0.6 is 0 Å². The molecule has 136 valence electrons. The normalized spacial score (nSPS) is 16.6. The summed E-state index contributed by atoms with van der Waals surface area (Å²) >= 11 is 0. The molecule has 1 aliphatic heterocycles. The SMILES string of the molecule is CCOC(=O)C1=C(c2ccccc2)OC(N)=C(C#N)C1c1cccc(F)c1. The monoisotopic (exact) mass is 364 g/mol. The van der Waals surface area contributed by atoms with E-state index < -0.39 is 17.7 Å². The fourth-order valence-corrected chi connectivity index (χ4v) is 3.00. The van der Waals surface area contributed by atoms with Gasteiger partial charge in [0, 0.05) is 5.56 Å². The van der Waals surface area contributed by atoms with Crippen LogP contribution in [-0.2, 0) is 14.3 Å².